The number of rotatable bonds is 2. The third-order valence-corrected chi connectivity index (χ3v) is 3.13. The SMILES string of the molecule is CC(C)(C)C(=O)NCC1=NCC2=C1COCC2. The highest BCUT2D eigenvalue weighted by atomic mass is 16.5. The second-order valence-corrected chi connectivity index (χ2v) is 5.58. The minimum absolute atomic E-state index is 0.0611. The highest BCUT2D eigenvalue weighted by Gasteiger charge is 2.25. The zero-order valence-corrected chi connectivity index (χ0v) is 10.8. The molecule has 0 aromatic carbocycles. The summed E-state index contributed by atoms with van der Waals surface area (Å²) in [4.78, 5) is 16.3. The quantitative estimate of drug-likeness (QED) is 0.786. The maximum atomic E-state index is 11.8. The average Bonchev–Trinajstić information content (AvgIpc) is 2.68. The van der Waals surface area contributed by atoms with E-state index in [1.54, 1.807) is 0 Å². The molecule has 0 saturated heterocycles. The molecular formula is C13H20N2O2. The van der Waals surface area contributed by atoms with Crippen molar-refractivity contribution in [2.75, 3.05) is 26.3 Å². The molecule has 94 valence electrons. The van der Waals surface area contributed by atoms with Gasteiger partial charge in [0.05, 0.1) is 32.0 Å². The molecule has 0 aromatic rings. The molecule has 2 rings (SSSR count). The molecule has 2 heterocycles. The van der Waals surface area contributed by atoms with Crippen molar-refractivity contribution in [3.8, 4) is 0 Å². The van der Waals surface area contributed by atoms with E-state index in [1.807, 2.05) is 20.8 Å². The van der Waals surface area contributed by atoms with Crippen molar-refractivity contribution in [1.29, 1.82) is 0 Å². The molecule has 0 unspecified atom stereocenters. The Morgan fingerprint density at radius 1 is 1.47 bits per heavy atom. The van der Waals surface area contributed by atoms with Crippen LogP contribution in [0.15, 0.2) is 16.1 Å². The number of carbonyl (C=O) groups is 1. The van der Waals surface area contributed by atoms with Gasteiger partial charge in [-0.1, -0.05) is 20.8 Å². The van der Waals surface area contributed by atoms with Crippen molar-refractivity contribution < 1.29 is 9.53 Å². The van der Waals surface area contributed by atoms with Crippen LogP contribution in [-0.2, 0) is 9.53 Å². The predicted molar refractivity (Wildman–Crippen MR) is 67.2 cm³/mol. The number of nitrogens with zero attached hydrogens (tertiary/aromatic N) is 1. The summed E-state index contributed by atoms with van der Waals surface area (Å²) in [6.45, 7) is 8.50. The second-order valence-electron chi connectivity index (χ2n) is 5.58. The van der Waals surface area contributed by atoms with Crippen LogP contribution < -0.4 is 5.32 Å². The van der Waals surface area contributed by atoms with Gasteiger partial charge in [0, 0.05) is 11.0 Å². The lowest BCUT2D eigenvalue weighted by Gasteiger charge is -2.19. The minimum atomic E-state index is -0.348. The molecule has 2 aliphatic rings. The van der Waals surface area contributed by atoms with Crippen molar-refractivity contribution in [2.45, 2.75) is 27.2 Å². The summed E-state index contributed by atoms with van der Waals surface area (Å²) in [6, 6.07) is 0. The van der Waals surface area contributed by atoms with E-state index in [1.165, 1.54) is 11.1 Å². The molecular weight excluding hydrogens is 216 g/mol. The molecule has 0 aromatic heterocycles. The number of amides is 1. The first-order valence-electron chi connectivity index (χ1n) is 6.09. The van der Waals surface area contributed by atoms with Gasteiger partial charge in [-0.05, 0) is 12.0 Å². The molecule has 1 amide bonds. The third-order valence-electron chi connectivity index (χ3n) is 3.13. The molecule has 1 N–H and O–H groups in total. The summed E-state index contributed by atoms with van der Waals surface area (Å²) in [5.41, 5.74) is 3.25. The topological polar surface area (TPSA) is 50.7 Å². The van der Waals surface area contributed by atoms with Gasteiger partial charge in [0.25, 0.3) is 0 Å². The van der Waals surface area contributed by atoms with Crippen molar-refractivity contribution in [3.05, 3.63) is 11.1 Å². The number of aliphatic imine (C=N–C) groups is 1. The molecule has 17 heavy (non-hydrogen) atoms. The molecule has 0 spiro atoms. The zero-order valence-electron chi connectivity index (χ0n) is 10.8. The molecule has 0 atom stereocenters. The van der Waals surface area contributed by atoms with Gasteiger partial charge in [0.15, 0.2) is 0 Å². The molecule has 4 heteroatoms. The number of nitrogens with one attached hydrogen (secondary N) is 1. The fraction of sp³-hybridized carbons (Fsp3) is 0.692. The van der Waals surface area contributed by atoms with Crippen LogP contribution in [-0.4, -0.2) is 37.9 Å². The first-order valence-corrected chi connectivity index (χ1v) is 6.09. The number of hydrogen-bond acceptors (Lipinski definition) is 3. The highest BCUT2D eigenvalue weighted by Crippen LogP contribution is 2.22. The van der Waals surface area contributed by atoms with Gasteiger partial charge in [-0.15, -0.1) is 0 Å². The van der Waals surface area contributed by atoms with E-state index in [9.17, 15) is 4.79 Å². The summed E-state index contributed by atoms with van der Waals surface area (Å²) in [7, 11) is 0. The van der Waals surface area contributed by atoms with E-state index in [2.05, 4.69) is 10.3 Å². The Kier molecular flexibility index (Phi) is 3.33. The molecule has 0 radical (unpaired) electrons. The molecule has 0 bridgehead atoms. The normalized spacial score (nSPS) is 20.1. The Labute approximate surface area is 102 Å². The number of carbonyl (C=O) groups excluding carboxylic acids is 1. The van der Waals surface area contributed by atoms with E-state index in [0.29, 0.717) is 13.2 Å². The third kappa shape index (κ3) is 2.75. The number of ether oxygens (including phenoxy) is 1. The van der Waals surface area contributed by atoms with E-state index in [4.69, 9.17) is 4.74 Å². The van der Waals surface area contributed by atoms with E-state index in [0.717, 1.165) is 25.3 Å². The average molecular weight is 236 g/mol. The van der Waals surface area contributed by atoms with Crippen molar-refractivity contribution in [1.82, 2.24) is 5.32 Å². The fourth-order valence-electron chi connectivity index (χ4n) is 1.96. The fourth-order valence-corrected chi connectivity index (χ4v) is 1.96. The summed E-state index contributed by atoms with van der Waals surface area (Å²) >= 11 is 0. The molecule has 2 aliphatic heterocycles. The molecule has 0 saturated carbocycles. The van der Waals surface area contributed by atoms with E-state index >= 15 is 0 Å². The van der Waals surface area contributed by atoms with Crippen LogP contribution in [0.2, 0.25) is 0 Å². The largest absolute Gasteiger partial charge is 0.376 e. The van der Waals surface area contributed by atoms with Crippen LogP contribution in [0.1, 0.15) is 27.2 Å². The standard InChI is InChI=1S/C13H20N2O2/c1-13(2,3)12(16)15-7-11-10-8-17-5-4-9(10)6-14-11/h4-8H2,1-3H3,(H,15,16). The summed E-state index contributed by atoms with van der Waals surface area (Å²) in [6.07, 6.45) is 0.982. The Morgan fingerprint density at radius 2 is 2.24 bits per heavy atom. The van der Waals surface area contributed by atoms with Crippen molar-refractivity contribution in [3.63, 3.8) is 0 Å². The van der Waals surface area contributed by atoms with Crippen LogP contribution in [0.25, 0.3) is 0 Å². The smallest absolute Gasteiger partial charge is 0.225 e. The highest BCUT2D eigenvalue weighted by molar-refractivity contribution is 6.06. The summed E-state index contributed by atoms with van der Waals surface area (Å²) in [5.74, 6) is 0.0611. The maximum Gasteiger partial charge on any atom is 0.225 e. The van der Waals surface area contributed by atoms with Gasteiger partial charge in [-0.2, -0.15) is 0 Å². The second kappa shape index (κ2) is 4.61. The van der Waals surface area contributed by atoms with Crippen LogP contribution in [0.4, 0.5) is 0 Å². The Bertz CT molecular complexity index is 389. The molecule has 0 aliphatic carbocycles. The Morgan fingerprint density at radius 3 is 2.94 bits per heavy atom. The molecule has 0 fully saturated rings. The minimum Gasteiger partial charge on any atom is -0.376 e. The monoisotopic (exact) mass is 236 g/mol. The lowest BCUT2D eigenvalue weighted by molar-refractivity contribution is -0.128. The summed E-state index contributed by atoms with van der Waals surface area (Å²) in [5, 5.41) is 2.94. The van der Waals surface area contributed by atoms with Crippen molar-refractivity contribution in [2.24, 2.45) is 10.4 Å². The summed E-state index contributed by atoms with van der Waals surface area (Å²) < 4.78 is 5.44. The van der Waals surface area contributed by atoms with Crippen LogP contribution in [0, 0.1) is 5.41 Å². The zero-order chi connectivity index (χ0) is 12.5. The van der Waals surface area contributed by atoms with Gasteiger partial charge >= 0.3 is 0 Å². The van der Waals surface area contributed by atoms with Gasteiger partial charge in [0.1, 0.15) is 0 Å². The van der Waals surface area contributed by atoms with Gasteiger partial charge < -0.3 is 10.1 Å². The van der Waals surface area contributed by atoms with E-state index < -0.39 is 0 Å². The van der Waals surface area contributed by atoms with Crippen LogP contribution in [0.5, 0.6) is 0 Å². The molecule has 4 nitrogen and oxygen atoms in total. The lowest BCUT2D eigenvalue weighted by Crippen LogP contribution is -2.38. The van der Waals surface area contributed by atoms with Crippen LogP contribution >= 0.6 is 0 Å². The first-order chi connectivity index (χ1) is 7.98. The van der Waals surface area contributed by atoms with Gasteiger partial charge in [-0.25, -0.2) is 0 Å². The first kappa shape index (κ1) is 12.3. The predicted octanol–water partition coefficient (Wildman–Crippen LogP) is 1.32. The lowest BCUT2D eigenvalue weighted by atomic mass is 9.95. The Balaban J connectivity index is 1.93. The van der Waals surface area contributed by atoms with E-state index in [-0.39, 0.29) is 11.3 Å². The van der Waals surface area contributed by atoms with Gasteiger partial charge in [0.2, 0.25) is 5.91 Å². The maximum absolute atomic E-state index is 11.8. The van der Waals surface area contributed by atoms with Crippen molar-refractivity contribution >= 4 is 11.6 Å². The van der Waals surface area contributed by atoms with Gasteiger partial charge in [-0.3, -0.25) is 9.79 Å². The number of hydrogen-bond donors (Lipinski definition) is 1. The Hall–Kier alpha value is -1.16. The van der Waals surface area contributed by atoms with Crippen LogP contribution in [0.3, 0.4) is 0 Å².